The van der Waals surface area contributed by atoms with Gasteiger partial charge in [0.2, 0.25) is 0 Å². The fourth-order valence-corrected chi connectivity index (χ4v) is 3.19. The van der Waals surface area contributed by atoms with Gasteiger partial charge in [-0.25, -0.2) is 0 Å². The third kappa shape index (κ3) is 4.76. The minimum atomic E-state index is 0.433. The predicted molar refractivity (Wildman–Crippen MR) is 106 cm³/mol. The third-order valence-electron chi connectivity index (χ3n) is 4.72. The van der Waals surface area contributed by atoms with Crippen molar-refractivity contribution < 1.29 is 0 Å². The Kier molecular flexibility index (Phi) is 6.10. The molecule has 0 bridgehead atoms. The van der Waals surface area contributed by atoms with Gasteiger partial charge in [-0.15, -0.1) is 0 Å². The first kappa shape index (κ1) is 17.8. The van der Waals surface area contributed by atoms with E-state index in [-0.39, 0.29) is 0 Å². The second-order valence-electron chi connectivity index (χ2n) is 6.48. The molecule has 1 aliphatic rings. The molecule has 2 aromatic carbocycles. The predicted octanol–water partition coefficient (Wildman–Crippen LogP) is 2.89. The van der Waals surface area contributed by atoms with E-state index in [2.05, 4.69) is 56.9 Å². The number of nitriles is 1. The molecule has 3 rings (SSSR count). The van der Waals surface area contributed by atoms with Crippen LogP contribution in [0.1, 0.15) is 24.0 Å². The molecule has 2 aromatic rings. The number of aliphatic imine (C=N–C) groups is 1. The van der Waals surface area contributed by atoms with Crippen molar-refractivity contribution in [2.75, 3.05) is 25.0 Å². The lowest BCUT2D eigenvalue weighted by atomic mass is 10.0. The highest BCUT2D eigenvalue weighted by molar-refractivity contribution is 5.80. The second-order valence-corrected chi connectivity index (χ2v) is 6.48. The van der Waals surface area contributed by atoms with Crippen LogP contribution in [0.25, 0.3) is 0 Å². The van der Waals surface area contributed by atoms with Crippen molar-refractivity contribution in [3.8, 4) is 6.07 Å². The van der Waals surface area contributed by atoms with Gasteiger partial charge in [0.15, 0.2) is 5.96 Å². The summed E-state index contributed by atoms with van der Waals surface area (Å²) in [4.78, 5) is 6.77. The van der Waals surface area contributed by atoms with Crippen LogP contribution in [0.2, 0.25) is 0 Å². The summed E-state index contributed by atoms with van der Waals surface area (Å²) in [6.07, 6.45) is 2.18. The maximum absolute atomic E-state index is 8.86. The fourth-order valence-electron chi connectivity index (χ4n) is 3.19. The normalized spacial score (nSPS) is 15.4. The number of guanidine groups is 1. The monoisotopic (exact) mass is 347 g/mol. The van der Waals surface area contributed by atoms with E-state index in [1.807, 2.05) is 24.3 Å². The summed E-state index contributed by atoms with van der Waals surface area (Å²) in [6, 6.07) is 20.8. The average molecular weight is 347 g/mol. The Morgan fingerprint density at radius 2 is 1.81 bits per heavy atom. The van der Waals surface area contributed by atoms with Crippen LogP contribution < -0.4 is 15.5 Å². The van der Waals surface area contributed by atoms with E-state index in [0.717, 1.165) is 37.5 Å². The van der Waals surface area contributed by atoms with Crippen molar-refractivity contribution in [3.05, 3.63) is 65.7 Å². The van der Waals surface area contributed by atoms with Gasteiger partial charge in [0.25, 0.3) is 0 Å². The van der Waals surface area contributed by atoms with Gasteiger partial charge >= 0.3 is 0 Å². The van der Waals surface area contributed by atoms with Crippen molar-refractivity contribution in [3.63, 3.8) is 0 Å². The van der Waals surface area contributed by atoms with Crippen molar-refractivity contribution in [2.45, 2.75) is 25.4 Å². The van der Waals surface area contributed by atoms with E-state index < -0.39 is 0 Å². The number of hydrogen-bond acceptors (Lipinski definition) is 3. The number of rotatable bonds is 4. The minimum Gasteiger partial charge on any atom is -0.371 e. The second kappa shape index (κ2) is 8.91. The molecule has 0 radical (unpaired) electrons. The zero-order valence-electron chi connectivity index (χ0n) is 15.2. The molecule has 0 aromatic heterocycles. The van der Waals surface area contributed by atoms with Crippen LogP contribution in [0.15, 0.2) is 59.6 Å². The van der Waals surface area contributed by atoms with Crippen molar-refractivity contribution >= 4 is 11.6 Å². The molecule has 134 valence electrons. The molecular weight excluding hydrogens is 322 g/mol. The van der Waals surface area contributed by atoms with E-state index in [1.165, 1.54) is 5.69 Å². The van der Waals surface area contributed by atoms with Gasteiger partial charge in [-0.05, 0) is 42.7 Å². The molecule has 0 atom stereocenters. The minimum absolute atomic E-state index is 0.433. The van der Waals surface area contributed by atoms with Gasteiger partial charge in [0, 0.05) is 38.4 Å². The molecule has 5 nitrogen and oxygen atoms in total. The summed E-state index contributed by atoms with van der Waals surface area (Å²) in [7, 11) is 1.80. The SMILES string of the molecule is CN=C(NCc1ccc(C#N)cc1)NC1CCN(c2ccccc2)CC1. The van der Waals surface area contributed by atoms with Gasteiger partial charge in [-0.1, -0.05) is 30.3 Å². The molecule has 1 heterocycles. The summed E-state index contributed by atoms with van der Waals surface area (Å²) < 4.78 is 0. The van der Waals surface area contributed by atoms with Crippen LogP contribution in [0.5, 0.6) is 0 Å². The van der Waals surface area contributed by atoms with Crippen molar-refractivity contribution in [2.24, 2.45) is 4.99 Å². The Morgan fingerprint density at radius 1 is 1.12 bits per heavy atom. The van der Waals surface area contributed by atoms with E-state index in [9.17, 15) is 0 Å². The molecule has 2 N–H and O–H groups in total. The molecule has 0 saturated carbocycles. The largest absolute Gasteiger partial charge is 0.371 e. The molecule has 0 unspecified atom stereocenters. The van der Waals surface area contributed by atoms with E-state index in [1.54, 1.807) is 7.05 Å². The summed E-state index contributed by atoms with van der Waals surface area (Å²) in [5, 5.41) is 15.7. The van der Waals surface area contributed by atoms with Crippen molar-refractivity contribution in [1.82, 2.24) is 10.6 Å². The summed E-state index contributed by atoms with van der Waals surface area (Å²) in [5.74, 6) is 0.826. The van der Waals surface area contributed by atoms with Crippen LogP contribution in [0.4, 0.5) is 5.69 Å². The molecule has 1 fully saturated rings. The maximum Gasteiger partial charge on any atom is 0.191 e. The molecule has 0 spiro atoms. The summed E-state index contributed by atoms with van der Waals surface area (Å²) >= 11 is 0. The standard InChI is InChI=1S/C21H25N5/c1-23-21(24-16-18-9-7-17(15-22)8-10-18)25-19-11-13-26(14-12-19)20-5-3-2-4-6-20/h2-10,19H,11-14,16H2,1H3,(H2,23,24,25). The Bertz CT molecular complexity index is 753. The first-order chi connectivity index (χ1) is 12.8. The van der Waals surface area contributed by atoms with E-state index in [0.29, 0.717) is 18.2 Å². The molecule has 0 amide bonds. The zero-order valence-corrected chi connectivity index (χ0v) is 15.2. The fraction of sp³-hybridized carbons (Fsp3) is 0.333. The number of nitrogens with one attached hydrogen (secondary N) is 2. The van der Waals surface area contributed by atoms with Gasteiger partial charge in [0.1, 0.15) is 0 Å². The molecular formula is C21H25N5. The molecule has 1 saturated heterocycles. The van der Waals surface area contributed by atoms with E-state index in [4.69, 9.17) is 5.26 Å². The van der Waals surface area contributed by atoms with Crippen LogP contribution in [-0.2, 0) is 6.54 Å². The lowest BCUT2D eigenvalue weighted by Crippen LogP contribution is -2.48. The zero-order chi connectivity index (χ0) is 18.2. The molecule has 1 aliphatic heterocycles. The number of hydrogen-bond donors (Lipinski definition) is 2. The van der Waals surface area contributed by atoms with Gasteiger partial charge in [-0.2, -0.15) is 5.26 Å². The topological polar surface area (TPSA) is 63.5 Å². The van der Waals surface area contributed by atoms with Gasteiger partial charge in [0.05, 0.1) is 11.6 Å². The van der Waals surface area contributed by atoms with Crippen molar-refractivity contribution in [1.29, 1.82) is 5.26 Å². The highest BCUT2D eigenvalue weighted by Gasteiger charge is 2.20. The highest BCUT2D eigenvalue weighted by Crippen LogP contribution is 2.19. The summed E-state index contributed by atoms with van der Waals surface area (Å²) in [6.45, 7) is 2.79. The number of para-hydroxylation sites is 1. The first-order valence-electron chi connectivity index (χ1n) is 9.04. The van der Waals surface area contributed by atoms with Gasteiger partial charge < -0.3 is 15.5 Å². The third-order valence-corrected chi connectivity index (χ3v) is 4.72. The smallest absolute Gasteiger partial charge is 0.191 e. The van der Waals surface area contributed by atoms with Gasteiger partial charge in [-0.3, -0.25) is 4.99 Å². The average Bonchev–Trinajstić information content (AvgIpc) is 2.72. The van der Waals surface area contributed by atoms with Crippen LogP contribution in [-0.4, -0.2) is 32.1 Å². The molecule has 26 heavy (non-hydrogen) atoms. The molecule has 5 heteroatoms. The Balaban J connectivity index is 1.46. The Labute approximate surface area is 155 Å². The van der Waals surface area contributed by atoms with E-state index >= 15 is 0 Å². The number of nitrogens with zero attached hydrogens (tertiary/aromatic N) is 3. The highest BCUT2D eigenvalue weighted by atomic mass is 15.2. The number of anilines is 1. The lowest BCUT2D eigenvalue weighted by molar-refractivity contribution is 0.461. The van der Waals surface area contributed by atoms with Crippen LogP contribution >= 0.6 is 0 Å². The van der Waals surface area contributed by atoms with Crippen LogP contribution in [0.3, 0.4) is 0 Å². The number of piperidine rings is 1. The Hall–Kier alpha value is -3.00. The summed E-state index contributed by atoms with van der Waals surface area (Å²) in [5.41, 5.74) is 3.11. The molecule has 0 aliphatic carbocycles. The first-order valence-corrected chi connectivity index (χ1v) is 9.04. The lowest BCUT2D eigenvalue weighted by Gasteiger charge is -2.34. The number of benzene rings is 2. The Morgan fingerprint density at radius 3 is 2.42 bits per heavy atom. The maximum atomic E-state index is 8.86. The van der Waals surface area contributed by atoms with Crippen LogP contribution in [0, 0.1) is 11.3 Å². The quantitative estimate of drug-likeness (QED) is 0.659.